The molecule has 1 aromatic carbocycles. The molecule has 0 bridgehead atoms. The Bertz CT molecular complexity index is 3060. The quantitative estimate of drug-likeness (QED) is 0.103. The number of methoxy groups -OCH3 is 1. The number of esters is 1. The maximum atomic E-state index is 14.8. The number of hydrogen-bond acceptors (Lipinski definition) is 21. The molecule has 2 aromatic heterocycles. The highest BCUT2D eigenvalue weighted by Gasteiger charge is 2.55. The number of nitrogens with zero attached hydrogens (tertiary/aromatic N) is 5. The Balaban J connectivity index is 0.000000468. The highest BCUT2D eigenvalue weighted by atomic mass is 32.2. The third kappa shape index (κ3) is 18.0. The van der Waals surface area contributed by atoms with Gasteiger partial charge in [0.15, 0.2) is 29.9 Å². The molecule has 5 aliphatic rings. The predicted octanol–water partition coefficient (Wildman–Crippen LogP) is 0.825. The number of piperidine rings is 1. The topological polar surface area (TPSA) is 430 Å². The van der Waals surface area contributed by atoms with Gasteiger partial charge in [-0.25, -0.2) is 22.9 Å². The van der Waals surface area contributed by atoms with Gasteiger partial charge in [-0.05, 0) is 125 Å². The number of rotatable bonds is 10. The largest absolute Gasteiger partial charge is 0.477 e. The molecule has 21 atom stereocenters. The number of aromatic carboxylic acids is 1. The minimum atomic E-state index is -3.67. The van der Waals surface area contributed by atoms with E-state index in [1.54, 1.807) is 46.4 Å². The van der Waals surface area contributed by atoms with Crippen molar-refractivity contribution in [2.24, 2.45) is 35.3 Å². The van der Waals surface area contributed by atoms with E-state index in [0.29, 0.717) is 38.4 Å². The molecule has 31 heteroatoms. The smallest absolute Gasteiger partial charge is 0.341 e. The number of aromatic nitrogens is 2. The number of hydrogen-bond donors (Lipinski definition) is 8. The molecule has 6 heterocycles. The van der Waals surface area contributed by atoms with Crippen molar-refractivity contribution >= 4 is 38.9 Å². The van der Waals surface area contributed by atoms with Crippen LogP contribution in [0.25, 0.3) is 16.7 Å². The average molecular weight is 1320 g/mol. The first kappa shape index (κ1) is 79.6. The lowest BCUT2D eigenvalue weighted by Crippen LogP contribution is -2.60. The molecule has 3 aromatic rings. The van der Waals surface area contributed by atoms with Gasteiger partial charge in [0.05, 0.1) is 58.9 Å². The number of pyridine rings is 2. The second kappa shape index (κ2) is 31.1. The third-order valence-electron chi connectivity index (χ3n) is 18.1. The van der Waals surface area contributed by atoms with Crippen molar-refractivity contribution in [1.29, 1.82) is 0 Å². The van der Waals surface area contributed by atoms with Crippen LogP contribution in [0, 0.1) is 47.0 Å². The molecular weight excluding hydrogens is 1220 g/mol. The number of ether oxygens (including phenoxy) is 6. The van der Waals surface area contributed by atoms with Gasteiger partial charge < -0.3 is 95.9 Å². The number of aliphatic hydroxyl groups excluding tert-OH is 3. The molecule has 516 valence electrons. The van der Waals surface area contributed by atoms with Gasteiger partial charge in [0, 0.05) is 69.5 Å². The summed E-state index contributed by atoms with van der Waals surface area (Å²) in [6, 6.07) is 2.89. The standard InChI is InChI=1S/C38H72N2O12.C20H15F3N4O3.CH4O3S.3H2O/c1-15-27-38(10,46)31(42)24(6)40(13)19-20(2)17-36(8,45)33(52-35-29(41)26(39(11)12)16-21(3)48-35)22(4)30(23(5)34(44)50-27)51-28-18-37(9,47-14)32(43)25(7)49-28;21-8-1-2-15(13(22)3-8)27-7-12(20(29)30)17(28)9-4-14(23)19(25-18(9)27)26-5-10-11(6-26)16(10)24;1-5(2,3)4;;;/h20-33,35,41-43,45-46H,15-19H2,1-14H3;1-4,7,10-11,16H,5-6,24H2,(H,29,30);1H3,(H,2,3,4);3*1H2/t20-,21-,22+,23-,24-,25+,26+,27-,28+,29-,30+,31-,32+,33-,35+,36-,37-,38-;10-,11+,16?;;;;/m1...../s1. The SMILES string of the molecule is CC[C@H]1OC(=O)[C@H](C)[C@@H](O[C@H]2C[C@@](C)(OC)[C@@H](O)[C@H](C)O2)[C@H](C)[C@@H](O[C@@H]2O[C@H](C)C[C@H](N(C)C)[C@H]2O)[C@](C)(O)C[C@@H](C)CN(C)[C@H](C)[C@@H](O)[C@]1(C)O.CS(=O)(=O)O.NC1[C@H]2CN(c3nc4c(cc3F)c(=O)c(C(=O)O)cn4-c3ccc(F)cc3F)C[C@@H]12.O.O.O. The van der Waals surface area contributed by atoms with Gasteiger partial charge in [-0.15, -0.1) is 0 Å². The normalized spacial score (nSPS) is 36.8. The lowest BCUT2D eigenvalue weighted by molar-refractivity contribution is -0.318. The zero-order valence-electron chi connectivity index (χ0n) is 53.7. The first-order chi connectivity index (χ1) is 40.2. The van der Waals surface area contributed by atoms with E-state index in [0.717, 1.165) is 29.0 Å². The fourth-order valence-electron chi connectivity index (χ4n) is 12.9. The number of nitrogens with two attached hydrogens (primary N) is 1. The Morgan fingerprint density at radius 1 is 0.900 bits per heavy atom. The lowest BCUT2D eigenvalue weighted by Gasteiger charge is -2.48. The monoisotopic (exact) mass is 1310 g/mol. The summed E-state index contributed by atoms with van der Waals surface area (Å²) in [5.41, 5.74) is -0.434. The zero-order valence-corrected chi connectivity index (χ0v) is 54.5. The van der Waals surface area contributed by atoms with Crippen LogP contribution in [0.2, 0.25) is 0 Å². The van der Waals surface area contributed by atoms with Crippen LogP contribution in [0.5, 0.6) is 0 Å². The molecule has 1 unspecified atom stereocenters. The number of carboxylic acids is 1. The molecule has 0 amide bonds. The van der Waals surface area contributed by atoms with E-state index < -0.39 is 140 Å². The van der Waals surface area contributed by atoms with Crippen molar-refractivity contribution in [3.63, 3.8) is 0 Å². The molecule has 0 spiro atoms. The van der Waals surface area contributed by atoms with Gasteiger partial charge in [0.25, 0.3) is 10.1 Å². The third-order valence-corrected chi connectivity index (χ3v) is 18.1. The summed E-state index contributed by atoms with van der Waals surface area (Å²) in [4.78, 5) is 48.1. The van der Waals surface area contributed by atoms with E-state index in [-0.39, 0.29) is 94.2 Å². The second-order valence-electron chi connectivity index (χ2n) is 25.5. The van der Waals surface area contributed by atoms with E-state index in [1.807, 2.05) is 51.7 Å². The summed E-state index contributed by atoms with van der Waals surface area (Å²) in [5.74, 6) is -6.29. The second-order valence-corrected chi connectivity index (χ2v) is 27.0. The summed E-state index contributed by atoms with van der Waals surface area (Å²) in [6.07, 6.45) is -6.56. The summed E-state index contributed by atoms with van der Waals surface area (Å²) in [7, 11) is 3.45. The number of halogens is 3. The predicted molar refractivity (Wildman–Crippen MR) is 324 cm³/mol. The minimum Gasteiger partial charge on any atom is -0.477 e. The number of carboxylic acid groups (broad SMARTS) is 1. The van der Waals surface area contributed by atoms with Crippen LogP contribution in [-0.2, 0) is 43.3 Å². The number of aliphatic hydroxyl groups is 5. The Morgan fingerprint density at radius 2 is 1.49 bits per heavy atom. The number of fused-ring (bicyclic) bond motifs is 2. The summed E-state index contributed by atoms with van der Waals surface area (Å²) in [6.45, 7) is 19.1. The molecule has 4 saturated heterocycles. The van der Waals surface area contributed by atoms with Crippen molar-refractivity contribution in [2.45, 2.75) is 191 Å². The molecule has 27 nitrogen and oxygen atoms in total. The van der Waals surface area contributed by atoms with Gasteiger partial charge in [-0.1, -0.05) is 20.8 Å². The number of benzene rings is 1. The van der Waals surface area contributed by atoms with Crippen molar-refractivity contribution < 1.29 is 111 Å². The highest BCUT2D eigenvalue weighted by molar-refractivity contribution is 7.85. The molecular formula is C59H97F3N6O21S. The van der Waals surface area contributed by atoms with Crippen LogP contribution < -0.4 is 16.1 Å². The number of likely N-dealkylation sites (N-methyl/N-ethyl adjacent to an activating group) is 2. The molecule has 5 fully saturated rings. The van der Waals surface area contributed by atoms with Gasteiger partial charge in [0.1, 0.15) is 47.2 Å². The fraction of sp³-hybridized carbons (Fsp3) is 0.729. The molecule has 1 aliphatic carbocycles. The van der Waals surface area contributed by atoms with Gasteiger partial charge in [-0.2, -0.15) is 8.42 Å². The zero-order chi connectivity index (χ0) is 65.5. The summed E-state index contributed by atoms with van der Waals surface area (Å²) < 4.78 is 107. The molecule has 8 rings (SSSR count). The van der Waals surface area contributed by atoms with Crippen molar-refractivity contribution in [1.82, 2.24) is 19.4 Å². The van der Waals surface area contributed by atoms with Crippen molar-refractivity contribution in [2.75, 3.05) is 59.0 Å². The Kier molecular flexibility index (Phi) is 27.5. The summed E-state index contributed by atoms with van der Waals surface area (Å²) in [5, 5.41) is 67.2. The van der Waals surface area contributed by atoms with E-state index in [9.17, 15) is 66.6 Å². The number of anilines is 1. The Labute approximate surface area is 522 Å². The molecule has 4 aliphatic heterocycles. The van der Waals surface area contributed by atoms with Crippen LogP contribution in [0.3, 0.4) is 0 Å². The van der Waals surface area contributed by atoms with Crippen LogP contribution in [0.1, 0.15) is 105 Å². The average Bonchev–Trinajstić information content (AvgIpc) is 1.47. The molecule has 90 heavy (non-hydrogen) atoms. The number of carbonyl (C=O) groups is 2. The van der Waals surface area contributed by atoms with Gasteiger partial charge >= 0.3 is 11.9 Å². The number of carbonyl (C=O) groups excluding carboxylic acids is 1. The van der Waals surface area contributed by atoms with Crippen LogP contribution in [0.4, 0.5) is 19.0 Å². The maximum Gasteiger partial charge on any atom is 0.341 e. The van der Waals surface area contributed by atoms with E-state index in [4.69, 9.17) is 38.7 Å². The first-order valence-electron chi connectivity index (χ1n) is 29.3. The summed E-state index contributed by atoms with van der Waals surface area (Å²) >= 11 is 0. The minimum absolute atomic E-state index is 0. The van der Waals surface area contributed by atoms with E-state index in [2.05, 4.69) is 4.98 Å². The Hall–Kier alpha value is -4.62. The number of cyclic esters (lactones) is 1. The molecule has 1 saturated carbocycles. The fourth-order valence-corrected chi connectivity index (χ4v) is 12.9. The van der Waals surface area contributed by atoms with Gasteiger partial charge in [-0.3, -0.25) is 18.7 Å². The first-order valence-corrected chi connectivity index (χ1v) is 31.1. The van der Waals surface area contributed by atoms with Gasteiger partial charge in [0.2, 0.25) is 5.43 Å². The van der Waals surface area contributed by atoms with E-state index >= 15 is 0 Å². The molecule has 0 radical (unpaired) electrons. The highest BCUT2D eigenvalue weighted by Crippen LogP contribution is 2.46. The Morgan fingerprint density at radius 3 is 2.02 bits per heavy atom. The van der Waals surface area contributed by atoms with Crippen LogP contribution >= 0.6 is 0 Å². The van der Waals surface area contributed by atoms with Crippen LogP contribution in [0.15, 0.2) is 35.3 Å². The van der Waals surface area contributed by atoms with E-state index in [1.165, 1.54) is 14.0 Å². The van der Waals surface area contributed by atoms with Crippen LogP contribution in [-0.4, -0.2) is 242 Å². The maximum absolute atomic E-state index is 14.8. The molecule has 15 N–H and O–H groups in total. The lowest BCUT2D eigenvalue weighted by atomic mass is 9.77. The van der Waals surface area contributed by atoms with Crippen molar-refractivity contribution in [3.05, 3.63) is 63.7 Å². The van der Waals surface area contributed by atoms with Crippen molar-refractivity contribution in [3.8, 4) is 5.69 Å².